The Hall–Kier alpha value is -2.32. The van der Waals surface area contributed by atoms with E-state index >= 15 is 0 Å². The van der Waals surface area contributed by atoms with Crippen LogP contribution in [0.25, 0.3) is 5.70 Å². The topological polar surface area (TPSA) is 82.4 Å². The zero-order valence-corrected chi connectivity index (χ0v) is 8.18. The maximum absolute atomic E-state index is 10.6. The van der Waals surface area contributed by atoms with Crippen molar-refractivity contribution >= 4 is 11.7 Å². The standard InChI is InChI=1S/C11H8N2O3/c12-6-7-1-3-8(4-2-7)9-5-10(11(14)15)16-13-9/h1-5,10,13H,(H,14,15). The summed E-state index contributed by atoms with van der Waals surface area (Å²) in [4.78, 5) is 15.5. The van der Waals surface area contributed by atoms with Crippen molar-refractivity contribution in [3.8, 4) is 6.07 Å². The molecule has 0 aliphatic carbocycles. The van der Waals surface area contributed by atoms with E-state index in [9.17, 15) is 4.79 Å². The number of aliphatic carboxylic acids is 1. The predicted octanol–water partition coefficient (Wildman–Crippen LogP) is 0.887. The molecule has 80 valence electrons. The predicted molar refractivity (Wildman–Crippen MR) is 54.8 cm³/mol. The highest BCUT2D eigenvalue weighted by atomic mass is 16.7. The van der Waals surface area contributed by atoms with Crippen LogP contribution in [0.4, 0.5) is 0 Å². The maximum Gasteiger partial charge on any atom is 0.339 e. The molecule has 2 rings (SSSR count). The minimum absolute atomic E-state index is 0.554. The van der Waals surface area contributed by atoms with Gasteiger partial charge in [0.1, 0.15) is 0 Å². The fourth-order valence-corrected chi connectivity index (χ4v) is 1.35. The number of hydroxylamine groups is 1. The van der Waals surface area contributed by atoms with Gasteiger partial charge in [0.2, 0.25) is 6.10 Å². The summed E-state index contributed by atoms with van der Waals surface area (Å²) in [5.74, 6) is -1.05. The van der Waals surface area contributed by atoms with E-state index in [0.29, 0.717) is 11.3 Å². The van der Waals surface area contributed by atoms with Gasteiger partial charge in [-0.15, -0.1) is 0 Å². The highest BCUT2D eigenvalue weighted by molar-refractivity contribution is 5.80. The lowest BCUT2D eigenvalue weighted by atomic mass is 10.1. The Bertz CT molecular complexity index is 485. The van der Waals surface area contributed by atoms with Gasteiger partial charge in [0, 0.05) is 0 Å². The second-order valence-corrected chi connectivity index (χ2v) is 3.25. The Labute approximate surface area is 91.5 Å². The van der Waals surface area contributed by atoms with Crippen molar-refractivity contribution in [3.05, 3.63) is 41.5 Å². The van der Waals surface area contributed by atoms with Gasteiger partial charge in [-0.3, -0.25) is 10.3 Å². The number of nitrogens with one attached hydrogen (secondary N) is 1. The molecule has 0 bridgehead atoms. The number of carboxylic acids is 1. The molecule has 16 heavy (non-hydrogen) atoms. The van der Waals surface area contributed by atoms with Crippen LogP contribution in [0.2, 0.25) is 0 Å². The average Bonchev–Trinajstić information content (AvgIpc) is 2.78. The van der Waals surface area contributed by atoms with Crippen LogP contribution in [0.3, 0.4) is 0 Å². The summed E-state index contributed by atoms with van der Waals surface area (Å²) >= 11 is 0. The third kappa shape index (κ3) is 1.87. The number of carbonyl (C=O) groups is 1. The molecule has 0 fully saturated rings. The van der Waals surface area contributed by atoms with Crippen LogP contribution in [0.15, 0.2) is 30.3 Å². The molecule has 0 aromatic heterocycles. The van der Waals surface area contributed by atoms with E-state index in [1.54, 1.807) is 24.3 Å². The first kappa shape index (κ1) is 10.2. The minimum atomic E-state index is -1.05. The van der Waals surface area contributed by atoms with Crippen molar-refractivity contribution in [3.63, 3.8) is 0 Å². The van der Waals surface area contributed by atoms with Gasteiger partial charge in [0.05, 0.1) is 17.3 Å². The van der Waals surface area contributed by atoms with Gasteiger partial charge < -0.3 is 5.11 Å². The van der Waals surface area contributed by atoms with Crippen molar-refractivity contribution in [2.24, 2.45) is 0 Å². The molecule has 1 aromatic carbocycles. The Kier molecular flexibility index (Phi) is 2.58. The molecule has 5 nitrogen and oxygen atoms in total. The van der Waals surface area contributed by atoms with Crippen LogP contribution in [-0.2, 0) is 9.63 Å². The lowest BCUT2D eigenvalue weighted by molar-refractivity contribution is -0.148. The van der Waals surface area contributed by atoms with Gasteiger partial charge in [-0.05, 0) is 23.8 Å². The van der Waals surface area contributed by atoms with Gasteiger partial charge in [0.25, 0.3) is 0 Å². The smallest absolute Gasteiger partial charge is 0.339 e. The molecule has 1 aliphatic rings. The van der Waals surface area contributed by atoms with Crippen LogP contribution in [0.1, 0.15) is 11.1 Å². The number of hydrogen-bond acceptors (Lipinski definition) is 4. The summed E-state index contributed by atoms with van der Waals surface area (Å²) < 4.78 is 0. The molecule has 2 N–H and O–H groups in total. The van der Waals surface area contributed by atoms with Crippen LogP contribution in [0, 0.1) is 11.3 Å². The number of nitriles is 1. The van der Waals surface area contributed by atoms with E-state index in [-0.39, 0.29) is 0 Å². The first-order valence-corrected chi connectivity index (χ1v) is 4.57. The van der Waals surface area contributed by atoms with E-state index in [4.69, 9.17) is 15.2 Å². The van der Waals surface area contributed by atoms with Crippen molar-refractivity contribution in [1.29, 1.82) is 5.26 Å². The Morgan fingerprint density at radius 1 is 1.44 bits per heavy atom. The summed E-state index contributed by atoms with van der Waals surface area (Å²) in [6.07, 6.45) is 0.509. The van der Waals surface area contributed by atoms with Crippen LogP contribution in [0.5, 0.6) is 0 Å². The summed E-state index contributed by atoms with van der Waals surface area (Å²) in [6.45, 7) is 0. The van der Waals surface area contributed by atoms with E-state index in [0.717, 1.165) is 5.56 Å². The Morgan fingerprint density at radius 3 is 2.62 bits per heavy atom. The third-order valence-electron chi connectivity index (χ3n) is 2.18. The van der Waals surface area contributed by atoms with E-state index in [1.807, 2.05) is 6.07 Å². The molecule has 1 aromatic rings. The number of hydrogen-bond donors (Lipinski definition) is 2. The lowest BCUT2D eigenvalue weighted by Gasteiger charge is -2.03. The molecule has 0 saturated carbocycles. The molecule has 1 aliphatic heterocycles. The highest BCUT2D eigenvalue weighted by Crippen LogP contribution is 2.18. The summed E-state index contributed by atoms with van der Waals surface area (Å²) in [5, 5.41) is 17.3. The number of benzene rings is 1. The zero-order chi connectivity index (χ0) is 11.5. The van der Waals surface area contributed by atoms with E-state index in [2.05, 4.69) is 5.48 Å². The van der Waals surface area contributed by atoms with Crippen molar-refractivity contribution in [2.45, 2.75) is 6.10 Å². The number of nitrogens with zero attached hydrogens (tertiary/aromatic N) is 1. The molecule has 5 heteroatoms. The zero-order valence-electron chi connectivity index (χ0n) is 8.18. The fraction of sp³-hybridized carbons (Fsp3) is 0.0909. The highest BCUT2D eigenvalue weighted by Gasteiger charge is 2.23. The maximum atomic E-state index is 10.6. The molecular weight excluding hydrogens is 208 g/mol. The van der Waals surface area contributed by atoms with Crippen LogP contribution >= 0.6 is 0 Å². The Balaban J connectivity index is 2.23. The van der Waals surface area contributed by atoms with Crippen LogP contribution in [-0.4, -0.2) is 17.2 Å². The van der Waals surface area contributed by atoms with Crippen LogP contribution < -0.4 is 5.48 Å². The number of carboxylic acid groups (broad SMARTS) is 1. The SMILES string of the molecule is N#Cc1ccc(C2=CC(C(=O)O)ON2)cc1. The molecule has 1 unspecified atom stereocenters. The molecular formula is C11H8N2O3. The molecule has 1 atom stereocenters. The largest absolute Gasteiger partial charge is 0.479 e. The molecule has 0 saturated heterocycles. The average molecular weight is 216 g/mol. The van der Waals surface area contributed by atoms with Gasteiger partial charge >= 0.3 is 5.97 Å². The molecule has 1 heterocycles. The first-order valence-electron chi connectivity index (χ1n) is 4.57. The molecule has 0 amide bonds. The second-order valence-electron chi connectivity index (χ2n) is 3.25. The van der Waals surface area contributed by atoms with Gasteiger partial charge in [0.15, 0.2) is 0 Å². The van der Waals surface area contributed by atoms with Crippen molar-refractivity contribution < 1.29 is 14.7 Å². The molecule has 0 spiro atoms. The first-order chi connectivity index (χ1) is 7.70. The van der Waals surface area contributed by atoms with Gasteiger partial charge in [-0.2, -0.15) is 5.26 Å². The van der Waals surface area contributed by atoms with E-state index in [1.165, 1.54) is 6.08 Å². The van der Waals surface area contributed by atoms with Crippen molar-refractivity contribution in [2.75, 3.05) is 0 Å². The lowest BCUT2D eigenvalue weighted by Crippen LogP contribution is -2.20. The number of rotatable bonds is 2. The minimum Gasteiger partial charge on any atom is -0.479 e. The molecule has 0 radical (unpaired) electrons. The summed E-state index contributed by atoms with van der Waals surface area (Å²) in [5.41, 5.74) is 4.47. The van der Waals surface area contributed by atoms with Gasteiger partial charge in [-0.1, -0.05) is 12.1 Å². The Morgan fingerprint density at radius 2 is 2.12 bits per heavy atom. The fourth-order valence-electron chi connectivity index (χ4n) is 1.35. The van der Waals surface area contributed by atoms with E-state index < -0.39 is 12.1 Å². The normalized spacial score (nSPS) is 18.4. The van der Waals surface area contributed by atoms with Gasteiger partial charge in [-0.25, -0.2) is 4.79 Å². The summed E-state index contributed by atoms with van der Waals surface area (Å²) in [7, 11) is 0. The third-order valence-corrected chi connectivity index (χ3v) is 2.18. The second kappa shape index (κ2) is 4.04. The van der Waals surface area contributed by atoms with Crippen molar-refractivity contribution in [1.82, 2.24) is 5.48 Å². The summed E-state index contributed by atoms with van der Waals surface area (Å²) in [6, 6.07) is 8.78. The quantitative estimate of drug-likeness (QED) is 0.767. The monoisotopic (exact) mass is 216 g/mol.